The summed E-state index contributed by atoms with van der Waals surface area (Å²) >= 11 is 0. The van der Waals surface area contributed by atoms with Gasteiger partial charge in [-0.2, -0.15) is 0 Å². The quantitative estimate of drug-likeness (QED) is 0.663. The fourth-order valence-corrected chi connectivity index (χ4v) is 5.71. The summed E-state index contributed by atoms with van der Waals surface area (Å²) < 4.78 is 14.5. The van der Waals surface area contributed by atoms with Crippen LogP contribution in [-0.4, -0.2) is 28.2 Å². The van der Waals surface area contributed by atoms with E-state index in [2.05, 4.69) is 16.7 Å². The van der Waals surface area contributed by atoms with E-state index in [1.807, 2.05) is 39.0 Å². The van der Waals surface area contributed by atoms with Crippen molar-refractivity contribution in [1.82, 2.24) is 15.5 Å². The minimum atomic E-state index is -0.540. The van der Waals surface area contributed by atoms with E-state index in [0.717, 1.165) is 24.8 Å². The normalized spacial score (nSPS) is 27.3. The molecule has 2 aromatic carbocycles. The van der Waals surface area contributed by atoms with E-state index in [-0.39, 0.29) is 47.3 Å². The Morgan fingerprint density at radius 3 is 2.79 bits per heavy atom. The van der Waals surface area contributed by atoms with Crippen molar-refractivity contribution in [2.45, 2.75) is 58.2 Å². The highest BCUT2D eigenvalue weighted by Gasteiger charge is 2.75. The van der Waals surface area contributed by atoms with Crippen LogP contribution in [0.2, 0.25) is 0 Å². The standard InChI is InChI=1S/C26H29FN4O2/c1-25(2)21-23(33)31(24(28)30-26(21,25)3)14-15-11-17(13-18(27)12-15)22(32)29-20-10-6-8-16-7-4-5-9-19(16)20/h4-5,7,9,11-13,20-21H,6,8,10,14H2,1-3H3,(H2,28,30)(H,29,32)/t20-,21?,26-/m0/s1. The zero-order valence-corrected chi connectivity index (χ0v) is 19.2. The molecule has 3 aliphatic rings. The number of hydrogen-bond acceptors (Lipinski definition) is 3. The third-order valence-electron chi connectivity index (χ3n) is 7.95. The molecule has 0 radical (unpaired) electrons. The number of nitrogens with zero attached hydrogens (tertiary/aromatic N) is 1. The highest BCUT2D eigenvalue weighted by molar-refractivity contribution is 6.03. The third-order valence-corrected chi connectivity index (χ3v) is 7.95. The van der Waals surface area contributed by atoms with Gasteiger partial charge < -0.3 is 10.6 Å². The monoisotopic (exact) mass is 448 g/mol. The number of carbonyl (C=O) groups excluding carboxylic acids is 2. The van der Waals surface area contributed by atoms with Gasteiger partial charge in [-0.3, -0.25) is 19.9 Å². The maximum Gasteiger partial charge on any atom is 0.251 e. The molecule has 0 aromatic heterocycles. The SMILES string of the molecule is CC1(C)C2C(=O)N(Cc3cc(F)cc(C(=O)N[C@H]4CCCc5ccccc54)c3)C(=N)N[C@@]21C. The van der Waals surface area contributed by atoms with Gasteiger partial charge >= 0.3 is 0 Å². The van der Waals surface area contributed by atoms with Crippen molar-refractivity contribution in [2.75, 3.05) is 0 Å². The Balaban J connectivity index is 1.35. The van der Waals surface area contributed by atoms with E-state index in [4.69, 9.17) is 5.41 Å². The first-order chi connectivity index (χ1) is 15.6. The first-order valence-electron chi connectivity index (χ1n) is 11.5. The number of hydrogen-bond donors (Lipinski definition) is 3. The molecule has 3 N–H and O–H groups in total. The van der Waals surface area contributed by atoms with E-state index in [9.17, 15) is 14.0 Å². The van der Waals surface area contributed by atoms with Crippen molar-refractivity contribution in [3.8, 4) is 0 Å². The van der Waals surface area contributed by atoms with E-state index in [1.165, 1.54) is 22.6 Å². The molecule has 2 aliphatic carbocycles. The number of rotatable bonds is 4. The summed E-state index contributed by atoms with van der Waals surface area (Å²) in [6.07, 6.45) is 2.82. The van der Waals surface area contributed by atoms with Crippen LogP contribution in [0.15, 0.2) is 42.5 Å². The topological polar surface area (TPSA) is 85.3 Å². The van der Waals surface area contributed by atoms with Crippen molar-refractivity contribution >= 4 is 17.8 Å². The molecule has 1 saturated heterocycles. The van der Waals surface area contributed by atoms with Crippen LogP contribution in [0.4, 0.5) is 4.39 Å². The maximum atomic E-state index is 14.5. The molecule has 1 unspecified atom stereocenters. The molecule has 0 bridgehead atoms. The molecule has 1 saturated carbocycles. The number of aryl methyl sites for hydroxylation is 1. The molecule has 1 aliphatic heterocycles. The Hall–Kier alpha value is -3.22. The lowest BCUT2D eigenvalue weighted by Gasteiger charge is -2.32. The van der Waals surface area contributed by atoms with Crippen LogP contribution in [-0.2, 0) is 17.8 Å². The van der Waals surface area contributed by atoms with E-state index in [0.29, 0.717) is 5.56 Å². The lowest BCUT2D eigenvalue weighted by atomic mass is 9.87. The fourth-order valence-electron chi connectivity index (χ4n) is 5.71. The van der Waals surface area contributed by atoms with Crippen LogP contribution in [0.3, 0.4) is 0 Å². The Morgan fingerprint density at radius 1 is 1.24 bits per heavy atom. The summed E-state index contributed by atoms with van der Waals surface area (Å²) in [6, 6.07) is 12.1. The van der Waals surface area contributed by atoms with Gasteiger partial charge in [-0.15, -0.1) is 0 Å². The average Bonchev–Trinajstić information content (AvgIpc) is 3.22. The molecule has 2 amide bonds. The average molecular weight is 449 g/mol. The largest absolute Gasteiger partial charge is 0.349 e. The lowest BCUT2D eigenvalue weighted by molar-refractivity contribution is -0.131. The van der Waals surface area contributed by atoms with Gasteiger partial charge in [-0.25, -0.2) is 4.39 Å². The van der Waals surface area contributed by atoms with Crippen LogP contribution < -0.4 is 10.6 Å². The molecule has 33 heavy (non-hydrogen) atoms. The minimum Gasteiger partial charge on any atom is -0.349 e. The zero-order chi connectivity index (χ0) is 23.5. The second-order valence-electron chi connectivity index (χ2n) is 10.2. The Labute approximate surface area is 193 Å². The van der Waals surface area contributed by atoms with Gasteiger partial charge in [0.25, 0.3) is 5.91 Å². The van der Waals surface area contributed by atoms with Crippen LogP contribution in [0, 0.1) is 22.6 Å². The molecule has 172 valence electrons. The number of fused-ring (bicyclic) bond motifs is 2. The number of benzene rings is 2. The molecular weight excluding hydrogens is 419 g/mol. The smallest absolute Gasteiger partial charge is 0.251 e. The number of guanidine groups is 1. The van der Waals surface area contributed by atoms with Crippen molar-refractivity contribution in [2.24, 2.45) is 11.3 Å². The lowest BCUT2D eigenvalue weighted by Crippen LogP contribution is -2.55. The number of nitrogens with one attached hydrogen (secondary N) is 3. The van der Waals surface area contributed by atoms with Crippen LogP contribution >= 0.6 is 0 Å². The third kappa shape index (κ3) is 3.41. The van der Waals surface area contributed by atoms with Gasteiger partial charge in [-0.1, -0.05) is 38.1 Å². The van der Waals surface area contributed by atoms with Gasteiger partial charge in [0, 0.05) is 11.0 Å². The summed E-state index contributed by atoms with van der Waals surface area (Å²) in [5, 5.41) is 14.5. The first-order valence-corrected chi connectivity index (χ1v) is 11.5. The first kappa shape index (κ1) is 21.6. The zero-order valence-electron chi connectivity index (χ0n) is 19.2. The molecule has 5 rings (SSSR count). The Kier molecular flexibility index (Phi) is 4.85. The highest BCUT2D eigenvalue weighted by atomic mass is 19.1. The second-order valence-corrected chi connectivity index (χ2v) is 10.2. The summed E-state index contributed by atoms with van der Waals surface area (Å²) in [7, 11) is 0. The van der Waals surface area contributed by atoms with Gasteiger partial charge in [0.05, 0.1) is 24.0 Å². The summed E-state index contributed by atoms with van der Waals surface area (Å²) in [6.45, 7) is 6.01. The van der Waals surface area contributed by atoms with E-state index >= 15 is 0 Å². The van der Waals surface area contributed by atoms with Gasteiger partial charge in [0.15, 0.2) is 5.96 Å². The van der Waals surface area contributed by atoms with Crippen LogP contribution in [0.25, 0.3) is 0 Å². The molecule has 1 heterocycles. The molecule has 3 atom stereocenters. The summed E-state index contributed by atoms with van der Waals surface area (Å²) in [4.78, 5) is 27.4. The molecule has 2 fully saturated rings. The maximum absolute atomic E-state index is 14.5. The summed E-state index contributed by atoms with van der Waals surface area (Å²) in [5.74, 6) is -1.24. The molecular formula is C26H29FN4O2. The van der Waals surface area contributed by atoms with Gasteiger partial charge in [0.1, 0.15) is 5.82 Å². The highest BCUT2D eigenvalue weighted by Crippen LogP contribution is 2.63. The minimum absolute atomic E-state index is 0.0124. The van der Waals surface area contributed by atoms with Crippen molar-refractivity contribution in [1.29, 1.82) is 5.41 Å². The van der Waals surface area contributed by atoms with Crippen molar-refractivity contribution in [3.63, 3.8) is 0 Å². The second kappa shape index (κ2) is 7.40. The van der Waals surface area contributed by atoms with Gasteiger partial charge in [-0.05, 0) is 61.1 Å². The number of amides is 2. The van der Waals surface area contributed by atoms with Crippen LogP contribution in [0.1, 0.15) is 66.7 Å². The fraction of sp³-hybridized carbons (Fsp3) is 0.423. The van der Waals surface area contributed by atoms with E-state index in [1.54, 1.807) is 6.07 Å². The molecule has 7 heteroatoms. The molecule has 6 nitrogen and oxygen atoms in total. The Bertz CT molecular complexity index is 1180. The van der Waals surface area contributed by atoms with E-state index < -0.39 is 11.4 Å². The Morgan fingerprint density at radius 2 is 2.00 bits per heavy atom. The molecule has 0 spiro atoms. The summed E-state index contributed by atoms with van der Waals surface area (Å²) in [5.41, 5.74) is 2.36. The predicted molar refractivity (Wildman–Crippen MR) is 123 cm³/mol. The van der Waals surface area contributed by atoms with Crippen LogP contribution in [0.5, 0.6) is 0 Å². The predicted octanol–water partition coefficient (Wildman–Crippen LogP) is 3.91. The number of halogens is 1. The van der Waals surface area contributed by atoms with Gasteiger partial charge in [0.2, 0.25) is 5.91 Å². The van der Waals surface area contributed by atoms with Crippen molar-refractivity contribution in [3.05, 3.63) is 70.5 Å². The molecule has 2 aromatic rings. The number of carbonyl (C=O) groups is 2. The van der Waals surface area contributed by atoms with Crippen molar-refractivity contribution < 1.29 is 14.0 Å².